The highest BCUT2D eigenvalue weighted by Crippen LogP contribution is 2.33. The first-order valence-electron chi connectivity index (χ1n) is 7.72. The van der Waals surface area contributed by atoms with Crippen molar-refractivity contribution in [2.75, 3.05) is 20.3 Å². The van der Waals surface area contributed by atoms with Crippen LogP contribution in [-0.4, -0.2) is 30.4 Å². The van der Waals surface area contributed by atoms with Gasteiger partial charge in [0, 0.05) is 17.0 Å². The van der Waals surface area contributed by atoms with E-state index in [4.69, 9.17) is 14.6 Å². The SMILES string of the molecule is COc1c(F)ccc(-c2cc(C)c3ccc(OCCO)cc3n2)c1F. The second kappa shape index (κ2) is 7.03. The Balaban J connectivity index is 2.14. The Labute approximate surface area is 143 Å². The van der Waals surface area contributed by atoms with E-state index >= 15 is 0 Å². The molecule has 0 spiro atoms. The fourth-order valence-corrected chi connectivity index (χ4v) is 2.69. The molecule has 130 valence electrons. The maximum atomic E-state index is 14.5. The number of methoxy groups -OCH3 is 1. The number of fused-ring (bicyclic) bond motifs is 1. The van der Waals surface area contributed by atoms with Crippen molar-refractivity contribution in [3.8, 4) is 22.8 Å². The van der Waals surface area contributed by atoms with Crippen LogP contribution in [0, 0.1) is 18.6 Å². The molecular formula is C19H17F2NO3. The summed E-state index contributed by atoms with van der Waals surface area (Å²) in [5.74, 6) is -1.43. The number of halogens is 2. The molecule has 3 aromatic rings. The number of pyridine rings is 1. The summed E-state index contributed by atoms with van der Waals surface area (Å²) in [5.41, 5.74) is 2.05. The Hall–Kier alpha value is -2.73. The number of ether oxygens (including phenoxy) is 2. The molecule has 0 bridgehead atoms. The number of aryl methyl sites for hydroxylation is 1. The minimum absolute atomic E-state index is 0.0921. The van der Waals surface area contributed by atoms with Crippen molar-refractivity contribution >= 4 is 10.9 Å². The van der Waals surface area contributed by atoms with E-state index in [1.54, 1.807) is 18.2 Å². The van der Waals surface area contributed by atoms with Gasteiger partial charge in [0.05, 0.1) is 24.9 Å². The molecule has 1 N–H and O–H groups in total. The largest absolute Gasteiger partial charge is 0.491 e. The van der Waals surface area contributed by atoms with Gasteiger partial charge in [0.1, 0.15) is 12.4 Å². The molecule has 4 nitrogen and oxygen atoms in total. The van der Waals surface area contributed by atoms with Crippen molar-refractivity contribution in [2.45, 2.75) is 6.92 Å². The molecule has 0 amide bonds. The summed E-state index contributed by atoms with van der Waals surface area (Å²) >= 11 is 0. The zero-order valence-corrected chi connectivity index (χ0v) is 13.8. The first-order valence-corrected chi connectivity index (χ1v) is 7.72. The minimum atomic E-state index is -0.790. The van der Waals surface area contributed by atoms with Crippen molar-refractivity contribution in [2.24, 2.45) is 0 Å². The number of benzene rings is 2. The average molecular weight is 345 g/mol. The Kier molecular flexibility index (Phi) is 4.81. The van der Waals surface area contributed by atoms with Crippen LogP contribution in [0.1, 0.15) is 5.56 Å². The maximum absolute atomic E-state index is 14.5. The topological polar surface area (TPSA) is 51.6 Å². The molecule has 0 aliphatic heterocycles. The fraction of sp³-hybridized carbons (Fsp3) is 0.211. The number of rotatable bonds is 5. The molecule has 6 heteroatoms. The van der Waals surface area contributed by atoms with Crippen LogP contribution >= 0.6 is 0 Å². The molecule has 1 aromatic heterocycles. The second-order valence-corrected chi connectivity index (χ2v) is 5.52. The van der Waals surface area contributed by atoms with Crippen LogP contribution in [0.25, 0.3) is 22.2 Å². The highest BCUT2D eigenvalue weighted by Gasteiger charge is 2.17. The molecule has 0 unspecified atom stereocenters. The van der Waals surface area contributed by atoms with E-state index in [9.17, 15) is 8.78 Å². The zero-order chi connectivity index (χ0) is 18.0. The number of hydrogen-bond donors (Lipinski definition) is 1. The van der Waals surface area contributed by atoms with Crippen LogP contribution in [0.15, 0.2) is 36.4 Å². The molecular weight excluding hydrogens is 328 g/mol. The number of aliphatic hydroxyl groups excluding tert-OH is 1. The molecule has 0 radical (unpaired) electrons. The van der Waals surface area contributed by atoms with Crippen molar-refractivity contribution in [1.82, 2.24) is 4.98 Å². The van der Waals surface area contributed by atoms with Gasteiger partial charge in [-0.15, -0.1) is 0 Å². The molecule has 2 aromatic carbocycles. The van der Waals surface area contributed by atoms with Gasteiger partial charge < -0.3 is 14.6 Å². The first kappa shape index (κ1) is 17.1. The highest BCUT2D eigenvalue weighted by atomic mass is 19.1. The normalized spacial score (nSPS) is 10.9. The summed E-state index contributed by atoms with van der Waals surface area (Å²) in [6.45, 7) is 1.97. The van der Waals surface area contributed by atoms with E-state index in [1.807, 2.05) is 13.0 Å². The monoisotopic (exact) mass is 345 g/mol. The molecule has 0 aliphatic rings. The highest BCUT2D eigenvalue weighted by molar-refractivity contribution is 5.86. The Morgan fingerprint density at radius 2 is 1.92 bits per heavy atom. The Morgan fingerprint density at radius 3 is 2.64 bits per heavy atom. The lowest BCUT2D eigenvalue weighted by atomic mass is 10.0. The van der Waals surface area contributed by atoms with Gasteiger partial charge in [-0.1, -0.05) is 0 Å². The molecule has 1 heterocycles. The molecule has 0 saturated heterocycles. The van der Waals surface area contributed by atoms with Crippen molar-refractivity contribution in [3.63, 3.8) is 0 Å². The summed E-state index contributed by atoms with van der Waals surface area (Å²) in [6.07, 6.45) is 0. The minimum Gasteiger partial charge on any atom is -0.491 e. The van der Waals surface area contributed by atoms with Crippen molar-refractivity contribution in [1.29, 1.82) is 0 Å². The quantitative estimate of drug-likeness (QED) is 0.763. The van der Waals surface area contributed by atoms with Crippen molar-refractivity contribution < 1.29 is 23.4 Å². The van der Waals surface area contributed by atoms with E-state index in [2.05, 4.69) is 4.98 Å². The third-order valence-electron chi connectivity index (χ3n) is 3.88. The van der Waals surface area contributed by atoms with E-state index < -0.39 is 17.4 Å². The molecule has 0 aliphatic carbocycles. The molecule has 0 saturated carbocycles. The molecule has 3 rings (SSSR count). The third kappa shape index (κ3) is 3.25. The van der Waals surface area contributed by atoms with Crippen LogP contribution in [0.3, 0.4) is 0 Å². The Bertz CT molecular complexity index is 928. The van der Waals surface area contributed by atoms with Gasteiger partial charge in [0.25, 0.3) is 0 Å². The molecule has 25 heavy (non-hydrogen) atoms. The van der Waals surface area contributed by atoms with Gasteiger partial charge in [-0.3, -0.25) is 0 Å². The second-order valence-electron chi connectivity index (χ2n) is 5.52. The van der Waals surface area contributed by atoms with Crippen LogP contribution in [0.5, 0.6) is 11.5 Å². The summed E-state index contributed by atoms with van der Waals surface area (Å²) < 4.78 is 38.4. The van der Waals surface area contributed by atoms with E-state index in [1.165, 1.54) is 13.2 Å². The van der Waals surface area contributed by atoms with Gasteiger partial charge >= 0.3 is 0 Å². The standard InChI is InChI=1S/C19H17F2NO3/c1-11-9-16(14-5-6-15(20)19(24-2)18(14)21)22-17-10-12(25-8-7-23)3-4-13(11)17/h3-6,9-10,23H,7-8H2,1-2H3. The summed E-state index contributed by atoms with van der Waals surface area (Å²) in [5, 5.41) is 9.75. The smallest absolute Gasteiger partial charge is 0.191 e. The predicted octanol–water partition coefficient (Wildman–Crippen LogP) is 3.87. The fourth-order valence-electron chi connectivity index (χ4n) is 2.69. The lowest BCUT2D eigenvalue weighted by molar-refractivity contribution is 0.201. The van der Waals surface area contributed by atoms with E-state index in [-0.39, 0.29) is 18.8 Å². The number of aromatic nitrogens is 1. The van der Waals surface area contributed by atoms with E-state index in [0.29, 0.717) is 17.0 Å². The Morgan fingerprint density at radius 1 is 1.12 bits per heavy atom. The summed E-state index contributed by atoms with van der Waals surface area (Å²) in [4.78, 5) is 4.48. The molecule has 0 atom stereocenters. The first-order chi connectivity index (χ1) is 12.0. The number of aliphatic hydroxyl groups is 1. The average Bonchev–Trinajstić information content (AvgIpc) is 2.60. The summed E-state index contributed by atoms with van der Waals surface area (Å²) in [6, 6.07) is 9.60. The van der Waals surface area contributed by atoms with Gasteiger partial charge in [-0.2, -0.15) is 0 Å². The number of nitrogens with zero attached hydrogens (tertiary/aromatic N) is 1. The van der Waals surface area contributed by atoms with Gasteiger partial charge in [-0.05, 0) is 42.8 Å². The van der Waals surface area contributed by atoms with Crippen LogP contribution < -0.4 is 9.47 Å². The van der Waals surface area contributed by atoms with E-state index in [0.717, 1.165) is 17.0 Å². The maximum Gasteiger partial charge on any atom is 0.191 e. The predicted molar refractivity (Wildman–Crippen MR) is 91.0 cm³/mol. The lowest BCUT2D eigenvalue weighted by Gasteiger charge is -2.11. The van der Waals surface area contributed by atoms with Crippen LogP contribution in [0.4, 0.5) is 8.78 Å². The van der Waals surface area contributed by atoms with Gasteiger partial charge in [0.15, 0.2) is 17.4 Å². The number of hydrogen-bond acceptors (Lipinski definition) is 4. The lowest BCUT2D eigenvalue weighted by Crippen LogP contribution is -2.01. The van der Waals surface area contributed by atoms with Crippen LogP contribution in [-0.2, 0) is 0 Å². The summed E-state index contributed by atoms with van der Waals surface area (Å²) in [7, 11) is 1.22. The molecule has 0 fully saturated rings. The van der Waals surface area contributed by atoms with Crippen LogP contribution in [0.2, 0.25) is 0 Å². The third-order valence-corrected chi connectivity index (χ3v) is 3.88. The van der Waals surface area contributed by atoms with Gasteiger partial charge in [0.2, 0.25) is 0 Å². The van der Waals surface area contributed by atoms with Crippen molar-refractivity contribution in [3.05, 3.63) is 53.6 Å². The van der Waals surface area contributed by atoms with Gasteiger partial charge in [-0.25, -0.2) is 13.8 Å². The zero-order valence-electron chi connectivity index (χ0n) is 13.8.